The number of aliphatic hydroxyl groups excluding tert-OH is 1. The van der Waals surface area contributed by atoms with Crippen LogP contribution in [-0.4, -0.2) is 22.7 Å². The Hall–Kier alpha value is 0.380. The van der Waals surface area contributed by atoms with Crippen molar-refractivity contribution in [2.45, 2.75) is 26.4 Å². The molecule has 0 heterocycles. The quantitative estimate of drug-likeness (QED) is 0.567. The molecule has 0 aromatic heterocycles. The molecule has 0 bridgehead atoms. The second-order valence-corrected chi connectivity index (χ2v) is 4.52. The van der Waals surface area contributed by atoms with Crippen LogP contribution in [-0.2, 0) is 9.59 Å². The summed E-state index contributed by atoms with van der Waals surface area (Å²) < 4.78 is 6.91. The predicted molar refractivity (Wildman–Crippen MR) is 44.5 cm³/mol. The summed E-state index contributed by atoms with van der Waals surface area (Å²) in [6.45, 7) is 3.04. The zero-order valence-electron chi connectivity index (χ0n) is 7.91. The summed E-state index contributed by atoms with van der Waals surface area (Å²) in [7, 11) is 0.997. The molecular formula is C7H12IO3S-. The van der Waals surface area contributed by atoms with E-state index in [1.807, 2.05) is 0 Å². The Bertz CT molecular complexity index is 198. The molecule has 0 aromatic rings. The van der Waals surface area contributed by atoms with E-state index >= 15 is 0 Å². The van der Waals surface area contributed by atoms with Crippen LogP contribution in [0, 0.1) is 5.92 Å². The summed E-state index contributed by atoms with van der Waals surface area (Å²) in [6, 6.07) is 0. The van der Waals surface area contributed by atoms with Crippen molar-refractivity contribution < 1.29 is 35.7 Å². The summed E-state index contributed by atoms with van der Waals surface area (Å²) in [6.07, 6.45) is -0.918. The van der Waals surface area contributed by atoms with Crippen LogP contribution < -0.4 is 21.0 Å². The fraction of sp³-hybridized carbons (Fsp3) is 0.714. The molecule has 1 N–H and O–H groups in total. The van der Waals surface area contributed by atoms with Crippen LogP contribution >= 0.6 is 8.93 Å². The van der Waals surface area contributed by atoms with Crippen LogP contribution in [0.1, 0.15) is 20.3 Å². The first-order valence-electron chi connectivity index (χ1n) is 3.90. The number of ketones is 1. The number of hydrogen-bond donors (Lipinski definition) is 1. The summed E-state index contributed by atoms with van der Waals surface area (Å²) in [4.78, 5) is 22.2. The molecule has 0 rings (SSSR count). The van der Waals surface area contributed by atoms with Gasteiger partial charge in [-0.25, -0.2) is 0 Å². The zero-order chi connectivity index (χ0) is 10.4. The van der Waals surface area contributed by atoms with Crippen molar-refractivity contribution in [3.63, 3.8) is 0 Å². The topological polar surface area (TPSA) is 54.4 Å². The van der Waals surface area contributed by atoms with E-state index in [9.17, 15) is 9.59 Å². The van der Waals surface area contributed by atoms with Crippen molar-refractivity contribution in [3.8, 4) is 0 Å². The van der Waals surface area contributed by atoms with E-state index < -0.39 is 27.1 Å². The Morgan fingerprint density at radius 1 is 1.67 bits per heavy atom. The minimum absolute atomic E-state index is 0.0766. The molecule has 0 saturated carbocycles. The van der Waals surface area contributed by atoms with Crippen LogP contribution in [0.4, 0.5) is 0 Å². The third-order valence-corrected chi connectivity index (χ3v) is 3.31. The van der Waals surface area contributed by atoms with E-state index in [0.29, 0.717) is 0 Å². The number of carbonyl (C=O) groups is 2. The van der Waals surface area contributed by atoms with E-state index in [4.69, 9.17) is 5.70 Å². The van der Waals surface area contributed by atoms with Crippen molar-refractivity contribution in [2.75, 3.05) is 0 Å². The second kappa shape index (κ2) is 5.93. The van der Waals surface area contributed by atoms with Crippen LogP contribution in [0.3, 0.4) is 0 Å². The van der Waals surface area contributed by atoms with Gasteiger partial charge in [-0.1, -0.05) is 0 Å². The first-order valence-corrected chi connectivity index (χ1v) is 6.88. The SMILES string of the molecule is [3H][I-]SC(=O)[C@H](C)CC(=O)[C@H](C)O. The standard InChI is InChI=1S/C7H12IO3S/c1-4(7(11)12-8)3-6(10)5(2)9/h4-5,8-9H,3H2,1-2H3/q-1/t4-,5+/m1/s1/i8T. The first kappa shape index (κ1) is 10.5. The molecule has 2 atom stereocenters. The number of hydrogen-bond acceptors (Lipinski definition) is 4. The fourth-order valence-electron chi connectivity index (χ4n) is 0.632. The zero-order valence-corrected chi connectivity index (χ0v) is 9.89. The summed E-state index contributed by atoms with van der Waals surface area (Å²) >= 11 is -0.865. The molecule has 0 aliphatic heterocycles. The summed E-state index contributed by atoms with van der Waals surface area (Å²) in [5, 5.41) is 8.77. The van der Waals surface area contributed by atoms with E-state index in [1.165, 1.54) is 6.92 Å². The van der Waals surface area contributed by atoms with Gasteiger partial charge in [0.1, 0.15) is 0 Å². The number of carbonyl (C=O) groups excluding carboxylic acids is 2. The van der Waals surface area contributed by atoms with Gasteiger partial charge in [0.25, 0.3) is 0 Å². The first-order chi connectivity index (χ1) is 5.99. The van der Waals surface area contributed by atoms with Crippen molar-refractivity contribution in [3.05, 3.63) is 0 Å². The maximum atomic E-state index is 11.1. The van der Waals surface area contributed by atoms with Crippen molar-refractivity contribution in [2.24, 2.45) is 5.92 Å². The molecule has 0 aromatic carbocycles. The van der Waals surface area contributed by atoms with Crippen LogP contribution in [0.2, 0.25) is 0 Å². The molecule has 0 spiro atoms. The van der Waals surface area contributed by atoms with Crippen LogP contribution in [0.15, 0.2) is 0 Å². The Balaban J connectivity index is 3.92. The van der Waals surface area contributed by atoms with Gasteiger partial charge in [-0.3, -0.25) is 0 Å². The van der Waals surface area contributed by atoms with E-state index in [0.717, 1.165) is 8.93 Å². The molecule has 12 heavy (non-hydrogen) atoms. The molecule has 0 aliphatic rings. The second-order valence-electron chi connectivity index (χ2n) is 2.64. The van der Waals surface area contributed by atoms with Crippen molar-refractivity contribution >= 4 is 19.8 Å². The average molecular weight is 305 g/mol. The average Bonchev–Trinajstić information content (AvgIpc) is 2.04. The van der Waals surface area contributed by atoms with E-state index in [-0.39, 0.29) is 23.2 Å². The van der Waals surface area contributed by atoms with Gasteiger partial charge in [-0.2, -0.15) is 0 Å². The molecular weight excluding hydrogens is 291 g/mol. The van der Waals surface area contributed by atoms with E-state index in [2.05, 4.69) is 0 Å². The molecule has 0 saturated heterocycles. The van der Waals surface area contributed by atoms with Gasteiger partial charge >= 0.3 is 88.4 Å². The number of Topliss-reactive ketones (excluding diaryl/α,β-unsaturated/α-hetero) is 1. The molecule has 0 unspecified atom stereocenters. The molecule has 0 radical (unpaired) electrons. The molecule has 0 aliphatic carbocycles. The normalized spacial score (nSPS) is 16.8. The van der Waals surface area contributed by atoms with Gasteiger partial charge in [0.2, 0.25) is 0 Å². The summed E-state index contributed by atoms with van der Waals surface area (Å²) in [5.41, 5.74) is 0. The Kier molecular flexibility index (Phi) is 5.17. The predicted octanol–water partition coefficient (Wildman–Crippen LogP) is -2.58. The van der Waals surface area contributed by atoms with Gasteiger partial charge < -0.3 is 0 Å². The third kappa shape index (κ3) is 4.42. The molecule has 3 nitrogen and oxygen atoms in total. The number of aliphatic hydroxyl groups is 1. The number of halogens is 1. The molecule has 72 valence electrons. The van der Waals surface area contributed by atoms with Crippen LogP contribution in [0.5, 0.6) is 0 Å². The van der Waals surface area contributed by atoms with Gasteiger partial charge in [0.05, 0.1) is 0 Å². The Morgan fingerprint density at radius 2 is 2.25 bits per heavy atom. The molecule has 0 fully saturated rings. The molecule has 0 amide bonds. The number of rotatable bonds is 5. The van der Waals surface area contributed by atoms with Gasteiger partial charge in [-0.05, 0) is 0 Å². The van der Waals surface area contributed by atoms with Crippen LogP contribution in [0.25, 0.3) is 0 Å². The van der Waals surface area contributed by atoms with Crippen molar-refractivity contribution in [1.82, 2.24) is 0 Å². The van der Waals surface area contributed by atoms with Gasteiger partial charge in [0, 0.05) is 0 Å². The minimum atomic E-state index is -0.994. The van der Waals surface area contributed by atoms with E-state index in [1.54, 1.807) is 6.92 Å². The fourth-order valence-corrected chi connectivity index (χ4v) is 2.17. The third-order valence-electron chi connectivity index (χ3n) is 1.45. The summed E-state index contributed by atoms with van der Waals surface area (Å²) in [5.74, 6) is -0.693. The van der Waals surface area contributed by atoms with Crippen molar-refractivity contribution in [1.29, 1.82) is 0.594 Å². The molecule has 5 heteroatoms. The monoisotopic (exact) mass is 305 g/mol. The Morgan fingerprint density at radius 3 is 2.67 bits per heavy atom. The maximum absolute atomic E-state index is 11.1. The van der Waals surface area contributed by atoms with Gasteiger partial charge in [0.15, 0.2) is 0 Å². The van der Waals surface area contributed by atoms with Gasteiger partial charge in [-0.15, -0.1) is 0 Å². The Labute approximate surface area is 88.3 Å².